The molecule has 0 atom stereocenters. The first-order valence-corrected chi connectivity index (χ1v) is 9.28. The van der Waals surface area contributed by atoms with Crippen LogP contribution in [0.2, 0.25) is 0 Å². The van der Waals surface area contributed by atoms with Gasteiger partial charge in [-0.15, -0.1) is 6.58 Å². The molecule has 0 radical (unpaired) electrons. The van der Waals surface area contributed by atoms with E-state index >= 15 is 0 Å². The largest absolute Gasteiger partial charge is 0.490 e. The normalized spacial score (nSPS) is 10.8. The van der Waals surface area contributed by atoms with E-state index in [-0.39, 0.29) is 5.78 Å². The average molecular weight is 447 g/mol. The molecule has 3 nitrogen and oxygen atoms in total. The van der Waals surface area contributed by atoms with Crippen molar-refractivity contribution < 1.29 is 9.53 Å². The van der Waals surface area contributed by atoms with Crippen LogP contribution in [0.4, 0.5) is 0 Å². The van der Waals surface area contributed by atoms with Crippen LogP contribution in [0.15, 0.2) is 73.3 Å². The molecule has 130 valence electrons. The summed E-state index contributed by atoms with van der Waals surface area (Å²) in [5.74, 6) is 0.775. The van der Waals surface area contributed by atoms with Gasteiger partial charge in [-0.05, 0) is 84.1 Å². The number of ether oxygens (including phenoxy) is 1. The van der Waals surface area contributed by atoms with E-state index in [4.69, 9.17) is 4.74 Å². The van der Waals surface area contributed by atoms with Gasteiger partial charge < -0.3 is 10.1 Å². The lowest BCUT2D eigenvalue weighted by Crippen LogP contribution is -2.14. The van der Waals surface area contributed by atoms with Crippen molar-refractivity contribution in [1.29, 1.82) is 0 Å². The molecule has 2 aromatic carbocycles. The van der Waals surface area contributed by atoms with Gasteiger partial charge in [-0.25, -0.2) is 0 Å². The van der Waals surface area contributed by atoms with Crippen LogP contribution in [-0.2, 0) is 0 Å². The Balaban J connectivity index is 1.79. The predicted molar refractivity (Wildman–Crippen MR) is 111 cm³/mol. The van der Waals surface area contributed by atoms with Gasteiger partial charge in [-0.2, -0.15) is 0 Å². The topological polar surface area (TPSA) is 38.3 Å². The van der Waals surface area contributed by atoms with Gasteiger partial charge in [-0.3, -0.25) is 4.79 Å². The van der Waals surface area contributed by atoms with Crippen molar-refractivity contribution in [2.45, 2.75) is 6.42 Å². The van der Waals surface area contributed by atoms with E-state index in [1.807, 2.05) is 54.6 Å². The molecule has 0 amide bonds. The second kappa shape index (κ2) is 10.8. The summed E-state index contributed by atoms with van der Waals surface area (Å²) in [7, 11) is 0. The third-order valence-electron chi connectivity index (χ3n) is 3.52. The van der Waals surface area contributed by atoms with Gasteiger partial charge in [0.25, 0.3) is 0 Å². The average Bonchev–Trinajstić information content (AvgIpc) is 2.64. The number of benzene rings is 2. The molecule has 0 saturated carbocycles. The minimum absolute atomic E-state index is 0.0217. The Labute approximate surface area is 162 Å². The van der Waals surface area contributed by atoms with E-state index in [1.165, 1.54) is 0 Å². The number of hydrogen-bond acceptors (Lipinski definition) is 3. The zero-order valence-electron chi connectivity index (χ0n) is 14.1. The Bertz CT molecular complexity index is 706. The second-order valence-electron chi connectivity index (χ2n) is 5.42. The summed E-state index contributed by atoms with van der Waals surface area (Å²) in [6.45, 7) is 5.94. The highest BCUT2D eigenvalue weighted by Crippen LogP contribution is 2.16. The first-order chi connectivity index (χ1) is 12.2. The molecule has 2 rings (SSSR count). The lowest BCUT2D eigenvalue weighted by Gasteiger charge is -2.05. The van der Waals surface area contributed by atoms with Crippen LogP contribution in [0, 0.1) is 3.57 Å². The highest BCUT2D eigenvalue weighted by molar-refractivity contribution is 14.1. The van der Waals surface area contributed by atoms with Gasteiger partial charge >= 0.3 is 0 Å². The van der Waals surface area contributed by atoms with Crippen molar-refractivity contribution in [2.75, 3.05) is 19.7 Å². The SMILES string of the molecule is C=CCCNC/C=C/COc1ccc(C(=O)c2ccc(I)cc2)cc1. The zero-order valence-corrected chi connectivity index (χ0v) is 16.2. The number of nitrogens with one attached hydrogen (secondary N) is 1. The van der Waals surface area contributed by atoms with E-state index in [0.717, 1.165) is 28.8 Å². The van der Waals surface area contributed by atoms with Crippen molar-refractivity contribution in [1.82, 2.24) is 5.32 Å². The fourth-order valence-electron chi connectivity index (χ4n) is 2.16. The van der Waals surface area contributed by atoms with Crippen molar-refractivity contribution in [3.05, 3.63) is 88.0 Å². The van der Waals surface area contributed by atoms with Crippen LogP contribution in [0.5, 0.6) is 5.75 Å². The summed E-state index contributed by atoms with van der Waals surface area (Å²) in [4.78, 5) is 12.4. The fourth-order valence-corrected chi connectivity index (χ4v) is 2.52. The maximum Gasteiger partial charge on any atom is 0.193 e. The summed E-state index contributed by atoms with van der Waals surface area (Å²) in [6, 6.07) is 14.8. The third-order valence-corrected chi connectivity index (χ3v) is 4.24. The minimum atomic E-state index is 0.0217. The van der Waals surface area contributed by atoms with E-state index < -0.39 is 0 Å². The van der Waals surface area contributed by atoms with Crippen LogP contribution in [0.25, 0.3) is 0 Å². The lowest BCUT2D eigenvalue weighted by atomic mass is 10.0. The maximum absolute atomic E-state index is 12.4. The van der Waals surface area contributed by atoms with Crippen LogP contribution < -0.4 is 10.1 Å². The number of hydrogen-bond donors (Lipinski definition) is 1. The van der Waals surface area contributed by atoms with Crippen LogP contribution in [-0.4, -0.2) is 25.5 Å². The molecule has 0 aliphatic heterocycles. The fraction of sp³-hybridized carbons (Fsp3) is 0.190. The van der Waals surface area contributed by atoms with E-state index in [1.54, 1.807) is 12.1 Å². The number of rotatable bonds is 10. The molecule has 0 bridgehead atoms. The summed E-state index contributed by atoms with van der Waals surface area (Å²) >= 11 is 2.22. The van der Waals surface area contributed by atoms with Gasteiger partial charge in [-0.1, -0.05) is 18.2 Å². The quantitative estimate of drug-likeness (QED) is 0.250. The third kappa shape index (κ3) is 6.84. The maximum atomic E-state index is 12.4. The van der Waals surface area contributed by atoms with Crippen molar-refractivity contribution >= 4 is 28.4 Å². The predicted octanol–water partition coefficient (Wildman–Crippen LogP) is 4.62. The van der Waals surface area contributed by atoms with Gasteiger partial charge in [0.2, 0.25) is 0 Å². The van der Waals surface area contributed by atoms with Crippen LogP contribution in [0.3, 0.4) is 0 Å². The molecule has 0 fully saturated rings. The van der Waals surface area contributed by atoms with Crippen LogP contribution >= 0.6 is 22.6 Å². The van der Waals surface area contributed by atoms with Crippen molar-refractivity contribution in [3.8, 4) is 5.75 Å². The van der Waals surface area contributed by atoms with Gasteiger partial charge in [0, 0.05) is 21.2 Å². The molecule has 25 heavy (non-hydrogen) atoms. The van der Waals surface area contributed by atoms with Crippen LogP contribution in [0.1, 0.15) is 22.3 Å². The highest BCUT2D eigenvalue weighted by atomic mass is 127. The molecule has 0 aliphatic carbocycles. The zero-order chi connectivity index (χ0) is 17.9. The highest BCUT2D eigenvalue weighted by Gasteiger charge is 2.08. The molecule has 2 aromatic rings. The summed E-state index contributed by atoms with van der Waals surface area (Å²) in [6.07, 6.45) is 6.88. The molecule has 0 heterocycles. The Morgan fingerprint density at radius 3 is 2.32 bits per heavy atom. The summed E-state index contributed by atoms with van der Waals surface area (Å²) < 4.78 is 6.76. The number of carbonyl (C=O) groups is 1. The van der Waals surface area contributed by atoms with Gasteiger partial charge in [0.15, 0.2) is 5.78 Å². The van der Waals surface area contributed by atoms with E-state index in [0.29, 0.717) is 17.7 Å². The monoisotopic (exact) mass is 447 g/mol. The minimum Gasteiger partial charge on any atom is -0.490 e. The van der Waals surface area contributed by atoms with Gasteiger partial charge in [0.1, 0.15) is 12.4 Å². The molecular weight excluding hydrogens is 425 g/mol. The van der Waals surface area contributed by atoms with E-state index in [2.05, 4.69) is 34.5 Å². The molecule has 0 aromatic heterocycles. The van der Waals surface area contributed by atoms with Crippen molar-refractivity contribution in [2.24, 2.45) is 0 Å². The molecule has 0 unspecified atom stereocenters. The standard InChI is InChI=1S/C21H22INO2/c1-2-3-14-23-15-4-5-16-25-20-12-8-18(9-13-20)21(24)17-6-10-19(22)11-7-17/h2,4-13,23H,1,3,14-16H2/b5-4+. The molecule has 0 aliphatic rings. The number of carbonyl (C=O) groups excluding carboxylic acids is 1. The molecule has 0 spiro atoms. The first kappa shape index (κ1) is 19.4. The first-order valence-electron chi connectivity index (χ1n) is 8.20. The molecule has 4 heteroatoms. The van der Waals surface area contributed by atoms with Crippen molar-refractivity contribution in [3.63, 3.8) is 0 Å². The number of halogens is 1. The summed E-state index contributed by atoms with van der Waals surface area (Å²) in [5, 5.41) is 3.27. The Morgan fingerprint density at radius 2 is 1.68 bits per heavy atom. The summed E-state index contributed by atoms with van der Waals surface area (Å²) in [5.41, 5.74) is 1.36. The molecule has 0 saturated heterocycles. The smallest absolute Gasteiger partial charge is 0.193 e. The Kier molecular flexibility index (Phi) is 8.42. The Morgan fingerprint density at radius 1 is 1.04 bits per heavy atom. The second-order valence-corrected chi connectivity index (χ2v) is 6.67. The number of ketones is 1. The molecule has 1 N–H and O–H groups in total. The van der Waals surface area contributed by atoms with Gasteiger partial charge in [0.05, 0.1) is 0 Å². The Hall–Kier alpha value is -1.92. The molecular formula is C21H22INO2. The lowest BCUT2D eigenvalue weighted by molar-refractivity contribution is 0.103. The van der Waals surface area contributed by atoms with E-state index in [9.17, 15) is 4.79 Å².